The first kappa shape index (κ1) is 12.8. The fourth-order valence-electron chi connectivity index (χ4n) is 3.43. The smallest absolute Gasteiger partial charge is 0.314 e. The third-order valence-electron chi connectivity index (χ3n) is 4.63. The second kappa shape index (κ2) is 4.58. The number of ether oxygens (including phenoxy) is 2. The zero-order valence-electron chi connectivity index (χ0n) is 10.7. The maximum atomic E-state index is 12.0. The molecule has 0 saturated heterocycles. The van der Waals surface area contributed by atoms with Gasteiger partial charge in [-0.2, -0.15) is 0 Å². The fraction of sp³-hybridized carbons (Fsp3) is 0.923. The molecule has 0 aromatic heterocycles. The molecule has 17 heavy (non-hydrogen) atoms. The third-order valence-corrected chi connectivity index (χ3v) is 4.63. The second-order valence-electron chi connectivity index (χ2n) is 5.43. The molecule has 98 valence electrons. The van der Waals surface area contributed by atoms with Crippen LogP contribution in [0.5, 0.6) is 0 Å². The molecule has 0 aromatic rings. The van der Waals surface area contributed by atoms with Crippen LogP contribution >= 0.6 is 0 Å². The van der Waals surface area contributed by atoms with Crippen molar-refractivity contribution < 1.29 is 19.4 Å². The molecule has 0 aliphatic heterocycles. The van der Waals surface area contributed by atoms with E-state index in [4.69, 9.17) is 9.47 Å². The van der Waals surface area contributed by atoms with Gasteiger partial charge in [0.05, 0.1) is 18.8 Å². The molecule has 1 N–H and O–H groups in total. The lowest BCUT2D eigenvalue weighted by Crippen LogP contribution is -2.63. The van der Waals surface area contributed by atoms with Crippen molar-refractivity contribution in [1.29, 1.82) is 0 Å². The van der Waals surface area contributed by atoms with Crippen LogP contribution in [0, 0.1) is 5.41 Å². The van der Waals surface area contributed by atoms with Gasteiger partial charge in [0.1, 0.15) is 5.41 Å². The molecule has 2 fully saturated rings. The predicted molar refractivity (Wildman–Crippen MR) is 62.5 cm³/mol. The van der Waals surface area contributed by atoms with Crippen LogP contribution in [0.3, 0.4) is 0 Å². The maximum absolute atomic E-state index is 12.0. The summed E-state index contributed by atoms with van der Waals surface area (Å²) in [5.74, 6) is -0.268. The number of rotatable bonds is 3. The van der Waals surface area contributed by atoms with Crippen molar-refractivity contribution in [1.82, 2.24) is 0 Å². The molecule has 2 aliphatic rings. The average molecular weight is 242 g/mol. The molecule has 0 radical (unpaired) electrons. The first-order chi connectivity index (χ1) is 8.08. The largest absolute Gasteiger partial charge is 0.469 e. The number of hydrogen-bond donors (Lipinski definition) is 1. The predicted octanol–water partition coefficient (Wildman–Crippen LogP) is 1.65. The van der Waals surface area contributed by atoms with E-state index in [9.17, 15) is 9.90 Å². The van der Waals surface area contributed by atoms with Crippen molar-refractivity contribution in [3.63, 3.8) is 0 Å². The summed E-state index contributed by atoms with van der Waals surface area (Å²) in [6.07, 6.45) is 5.81. The Bertz CT molecular complexity index is 288. The number of aliphatic hydroxyl groups is 1. The zero-order valence-corrected chi connectivity index (χ0v) is 10.7. The maximum Gasteiger partial charge on any atom is 0.314 e. The number of esters is 1. The summed E-state index contributed by atoms with van der Waals surface area (Å²) in [6.45, 7) is 0. The first-order valence-corrected chi connectivity index (χ1v) is 6.41. The van der Waals surface area contributed by atoms with Crippen molar-refractivity contribution >= 4 is 5.97 Å². The van der Waals surface area contributed by atoms with Gasteiger partial charge in [-0.3, -0.25) is 4.79 Å². The Morgan fingerprint density at radius 3 is 2.24 bits per heavy atom. The van der Waals surface area contributed by atoms with E-state index in [1.165, 1.54) is 7.11 Å². The minimum Gasteiger partial charge on any atom is -0.469 e. The van der Waals surface area contributed by atoms with E-state index < -0.39 is 11.0 Å². The lowest BCUT2D eigenvalue weighted by atomic mass is 9.53. The molecule has 4 heteroatoms. The van der Waals surface area contributed by atoms with Gasteiger partial charge in [-0.1, -0.05) is 19.3 Å². The van der Waals surface area contributed by atoms with Gasteiger partial charge in [0.2, 0.25) is 0 Å². The lowest BCUT2D eigenvalue weighted by molar-refractivity contribution is -0.215. The van der Waals surface area contributed by atoms with Crippen molar-refractivity contribution in [3.8, 4) is 0 Å². The summed E-state index contributed by atoms with van der Waals surface area (Å²) in [6, 6.07) is 0. The van der Waals surface area contributed by atoms with Crippen molar-refractivity contribution in [2.75, 3.05) is 14.2 Å². The van der Waals surface area contributed by atoms with Gasteiger partial charge in [-0.05, 0) is 25.7 Å². The van der Waals surface area contributed by atoms with Crippen LogP contribution in [0.4, 0.5) is 0 Å². The van der Waals surface area contributed by atoms with Crippen LogP contribution in [0.2, 0.25) is 0 Å². The molecule has 0 aromatic carbocycles. The summed E-state index contributed by atoms with van der Waals surface area (Å²) in [7, 11) is 3.05. The van der Waals surface area contributed by atoms with Gasteiger partial charge in [0.25, 0.3) is 0 Å². The Kier molecular flexibility index (Phi) is 3.46. The molecular formula is C13H22O4. The van der Waals surface area contributed by atoms with Gasteiger partial charge in [-0.15, -0.1) is 0 Å². The van der Waals surface area contributed by atoms with Crippen molar-refractivity contribution in [2.24, 2.45) is 5.41 Å². The Morgan fingerprint density at radius 1 is 1.18 bits per heavy atom. The highest BCUT2D eigenvalue weighted by atomic mass is 16.5. The van der Waals surface area contributed by atoms with E-state index in [1.807, 2.05) is 0 Å². The van der Waals surface area contributed by atoms with E-state index in [0.29, 0.717) is 25.7 Å². The lowest BCUT2D eigenvalue weighted by Gasteiger charge is -2.55. The Labute approximate surface area is 102 Å². The molecule has 0 heterocycles. The van der Waals surface area contributed by atoms with Crippen molar-refractivity contribution in [3.05, 3.63) is 0 Å². The van der Waals surface area contributed by atoms with Crippen LogP contribution < -0.4 is 0 Å². The summed E-state index contributed by atoms with van der Waals surface area (Å²) in [5, 5.41) is 10.8. The van der Waals surface area contributed by atoms with E-state index in [0.717, 1.165) is 19.3 Å². The second-order valence-corrected chi connectivity index (χ2v) is 5.43. The van der Waals surface area contributed by atoms with Crippen molar-refractivity contribution in [2.45, 2.75) is 56.7 Å². The highest BCUT2D eigenvalue weighted by Gasteiger charge is 2.63. The van der Waals surface area contributed by atoms with E-state index in [1.54, 1.807) is 7.11 Å². The Balaban J connectivity index is 2.19. The first-order valence-electron chi connectivity index (χ1n) is 6.41. The van der Waals surface area contributed by atoms with E-state index >= 15 is 0 Å². The molecule has 0 amide bonds. The molecule has 0 spiro atoms. The van der Waals surface area contributed by atoms with Crippen LogP contribution in [0.15, 0.2) is 0 Å². The van der Waals surface area contributed by atoms with Crippen LogP contribution in [-0.2, 0) is 14.3 Å². The average Bonchev–Trinajstić information content (AvgIpc) is 2.28. The van der Waals surface area contributed by atoms with Gasteiger partial charge in [0, 0.05) is 7.11 Å². The number of carbonyl (C=O) groups excluding carboxylic acids is 1. The summed E-state index contributed by atoms with van der Waals surface area (Å²) >= 11 is 0. The minimum absolute atomic E-state index is 0.0834. The molecule has 0 bridgehead atoms. The third kappa shape index (κ3) is 1.87. The molecule has 0 unspecified atom stereocenters. The van der Waals surface area contributed by atoms with E-state index in [-0.39, 0.29) is 12.1 Å². The zero-order chi connectivity index (χ0) is 12.5. The number of hydrogen-bond acceptors (Lipinski definition) is 4. The molecule has 2 saturated carbocycles. The molecular weight excluding hydrogens is 220 g/mol. The van der Waals surface area contributed by atoms with E-state index in [2.05, 4.69) is 0 Å². The normalized spacial score (nSPS) is 36.1. The van der Waals surface area contributed by atoms with Gasteiger partial charge in [-0.25, -0.2) is 0 Å². The highest BCUT2D eigenvalue weighted by molar-refractivity contribution is 5.80. The quantitative estimate of drug-likeness (QED) is 0.765. The van der Waals surface area contributed by atoms with Gasteiger partial charge >= 0.3 is 5.97 Å². The van der Waals surface area contributed by atoms with Gasteiger partial charge in [0.15, 0.2) is 0 Å². The SMILES string of the molecule is COC(=O)C1(C2(O)CCCCC2)CC(OC)C1. The number of carbonyl (C=O) groups is 1. The molecule has 0 atom stereocenters. The monoisotopic (exact) mass is 242 g/mol. The Hall–Kier alpha value is -0.610. The highest BCUT2D eigenvalue weighted by Crippen LogP contribution is 2.56. The fourth-order valence-corrected chi connectivity index (χ4v) is 3.43. The number of methoxy groups -OCH3 is 2. The topological polar surface area (TPSA) is 55.8 Å². The minimum atomic E-state index is -0.882. The van der Waals surface area contributed by atoms with Crippen LogP contribution in [0.25, 0.3) is 0 Å². The van der Waals surface area contributed by atoms with Crippen LogP contribution in [0.1, 0.15) is 44.9 Å². The van der Waals surface area contributed by atoms with Crippen LogP contribution in [-0.4, -0.2) is 37.0 Å². The van der Waals surface area contributed by atoms with Gasteiger partial charge < -0.3 is 14.6 Å². The molecule has 4 nitrogen and oxygen atoms in total. The summed E-state index contributed by atoms with van der Waals surface area (Å²) in [5.41, 5.74) is -1.60. The molecule has 2 rings (SSSR count). The standard InChI is InChI=1S/C13H22O4/c1-16-10-8-12(9-10,11(14)17-2)13(15)6-4-3-5-7-13/h10,15H,3-9H2,1-2H3. The summed E-state index contributed by atoms with van der Waals surface area (Å²) in [4.78, 5) is 12.0. The Morgan fingerprint density at radius 2 is 1.76 bits per heavy atom. The summed E-state index contributed by atoms with van der Waals surface area (Å²) < 4.78 is 10.2. The molecule has 2 aliphatic carbocycles.